The lowest BCUT2D eigenvalue weighted by Gasteiger charge is -2.24. The van der Waals surface area contributed by atoms with E-state index >= 15 is 0 Å². The summed E-state index contributed by atoms with van der Waals surface area (Å²) in [5.74, 6) is 1.50. The van der Waals surface area contributed by atoms with Crippen molar-refractivity contribution in [3.05, 3.63) is 47.7 Å². The second kappa shape index (κ2) is 6.15. The molecule has 1 aromatic rings. The lowest BCUT2D eigenvalue weighted by atomic mass is 9.91. The van der Waals surface area contributed by atoms with Gasteiger partial charge in [-0.15, -0.1) is 0 Å². The molecule has 0 fully saturated rings. The molecule has 1 unspecified atom stereocenters. The van der Waals surface area contributed by atoms with Gasteiger partial charge in [0, 0.05) is 11.5 Å². The molecule has 5 nitrogen and oxygen atoms in total. The van der Waals surface area contributed by atoms with Gasteiger partial charge in [-0.25, -0.2) is 4.79 Å². The van der Waals surface area contributed by atoms with E-state index in [9.17, 15) is 4.79 Å². The SMILES string of the molecule is COc1cccc(OCC(C)(C)C)c1C1C=CC2=NC(=O)NC2=C1. The lowest BCUT2D eigenvalue weighted by molar-refractivity contribution is 0.195. The molecule has 1 atom stereocenters. The number of nitrogens with one attached hydrogen (secondary N) is 1. The van der Waals surface area contributed by atoms with E-state index in [1.807, 2.05) is 36.4 Å². The zero-order chi connectivity index (χ0) is 17.3. The molecule has 3 rings (SSSR count). The number of rotatable bonds is 4. The summed E-state index contributed by atoms with van der Waals surface area (Å²) in [6.45, 7) is 6.99. The molecule has 0 saturated heterocycles. The topological polar surface area (TPSA) is 59.9 Å². The van der Waals surface area contributed by atoms with Gasteiger partial charge in [-0.1, -0.05) is 32.9 Å². The van der Waals surface area contributed by atoms with Gasteiger partial charge in [0.05, 0.1) is 25.1 Å². The Balaban J connectivity index is 1.96. The molecule has 1 aliphatic heterocycles. The molecule has 0 saturated carbocycles. The van der Waals surface area contributed by atoms with Crippen LogP contribution in [0.1, 0.15) is 32.3 Å². The van der Waals surface area contributed by atoms with Gasteiger partial charge in [0.1, 0.15) is 11.5 Å². The first-order valence-corrected chi connectivity index (χ1v) is 7.97. The minimum atomic E-state index is -0.328. The van der Waals surface area contributed by atoms with Crippen molar-refractivity contribution in [1.29, 1.82) is 0 Å². The zero-order valence-electron chi connectivity index (χ0n) is 14.4. The first-order valence-electron chi connectivity index (χ1n) is 7.97. The Morgan fingerprint density at radius 2 is 2.00 bits per heavy atom. The normalized spacial score (nSPS) is 19.3. The monoisotopic (exact) mass is 326 g/mol. The van der Waals surface area contributed by atoms with Gasteiger partial charge in [0.25, 0.3) is 0 Å². The average molecular weight is 326 g/mol. The molecule has 1 aromatic carbocycles. The summed E-state index contributed by atoms with van der Waals surface area (Å²) in [5, 5.41) is 2.75. The Hall–Kier alpha value is -2.56. The molecular formula is C19H22N2O3. The fraction of sp³-hybridized carbons (Fsp3) is 0.368. The average Bonchev–Trinajstić information content (AvgIpc) is 2.90. The summed E-state index contributed by atoms with van der Waals surface area (Å²) in [5.41, 5.74) is 2.41. The van der Waals surface area contributed by atoms with E-state index < -0.39 is 0 Å². The van der Waals surface area contributed by atoms with Crippen molar-refractivity contribution in [3.8, 4) is 11.5 Å². The van der Waals surface area contributed by atoms with Crippen molar-refractivity contribution in [3.63, 3.8) is 0 Å². The fourth-order valence-electron chi connectivity index (χ4n) is 2.69. The van der Waals surface area contributed by atoms with Crippen molar-refractivity contribution in [2.24, 2.45) is 10.4 Å². The highest BCUT2D eigenvalue weighted by atomic mass is 16.5. The van der Waals surface area contributed by atoms with E-state index in [-0.39, 0.29) is 17.4 Å². The molecule has 1 N–H and O–H groups in total. The van der Waals surface area contributed by atoms with Crippen LogP contribution in [0.2, 0.25) is 0 Å². The van der Waals surface area contributed by atoms with Crippen LogP contribution in [0.4, 0.5) is 4.79 Å². The lowest BCUT2D eigenvalue weighted by Crippen LogP contribution is -2.19. The van der Waals surface area contributed by atoms with Crippen LogP contribution in [0.3, 0.4) is 0 Å². The number of benzene rings is 1. The third-order valence-corrected chi connectivity index (χ3v) is 3.79. The van der Waals surface area contributed by atoms with Crippen LogP contribution < -0.4 is 14.8 Å². The molecule has 2 amide bonds. The van der Waals surface area contributed by atoms with Crippen LogP contribution in [-0.2, 0) is 0 Å². The maximum Gasteiger partial charge on any atom is 0.346 e. The third kappa shape index (κ3) is 3.35. The summed E-state index contributed by atoms with van der Waals surface area (Å²) in [6.07, 6.45) is 5.84. The number of methoxy groups -OCH3 is 1. The number of urea groups is 1. The number of ether oxygens (including phenoxy) is 2. The Morgan fingerprint density at radius 1 is 1.25 bits per heavy atom. The van der Waals surface area contributed by atoms with Gasteiger partial charge in [0.15, 0.2) is 0 Å². The van der Waals surface area contributed by atoms with Gasteiger partial charge in [-0.2, -0.15) is 4.99 Å². The summed E-state index contributed by atoms with van der Waals surface area (Å²) in [4.78, 5) is 15.4. The molecule has 0 aromatic heterocycles. The zero-order valence-corrected chi connectivity index (χ0v) is 14.4. The van der Waals surface area contributed by atoms with Gasteiger partial charge >= 0.3 is 6.03 Å². The molecule has 0 spiro atoms. The number of fused-ring (bicyclic) bond motifs is 1. The number of hydrogen-bond donors (Lipinski definition) is 1. The summed E-state index contributed by atoms with van der Waals surface area (Å²) >= 11 is 0. The predicted molar refractivity (Wildman–Crippen MR) is 93.9 cm³/mol. The van der Waals surface area contributed by atoms with Gasteiger partial charge in [-0.05, 0) is 29.7 Å². The number of hydrogen-bond acceptors (Lipinski definition) is 3. The van der Waals surface area contributed by atoms with E-state index in [4.69, 9.17) is 9.47 Å². The standard InChI is InChI=1S/C19H22N2O3/c1-19(2,3)11-24-16-7-5-6-15(23-4)17(16)12-8-9-13-14(10-12)21-18(22)20-13/h5-10,12H,11H2,1-4H3,(H,21,22). The molecule has 126 valence electrons. The van der Waals surface area contributed by atoms with E-state index in [2.05, 4.69) is 31.1 Å². The first kappa shape index (κ1) is 16.3. The highest BCUT2D eigenvalue weighted by molar-refractivity contribution is 6.19. The largest absolute Gasteiger partial charge is 0.496 e. The van der Waals surface area contributed by atoms with Crippen LogP contribution >= 0.6 is 0 Å². The van der Waals surface area contributed by atoms with E-state index in [1.165, 1.54) is 0 Å². The minimum absolute atomic E-state index is 0.0523. The van der Waals surface area contributed by atoms with Crippen molar-refractivity contribution < 1.29 is 14.3 Å². The molecular weight excluding hydrogens is 304 g/mol. The Bertz CT molecular complexity index is 754. The maximum absolute atomic E-state index is 11.4. The molecule has 0 bridgehead atoms. The maximum atomic E-state index is 11.4. The number of allylic oxidation sites excluding steroid dienone is 3. The summed E-state index contributed by atoms with van der Waals surface area (Å²) in [7, 11) is 1.65. The quantitative estimate of drug-likeness (QED) is 0.915. The smallest absolute Gasteiger partial charge is 0.346 e. The third-order valence-electron chi connectivity index (χ3n) is 3.79. The Kier molecular flexibility index (Phi) is 4.18. The van der Waals surface area contributed by atoms with E-state index in [1.54, 1.807) is 7.11 Å². The summed E-state index contributed by atoms with van der Waals surface area (Å²) < 4.78 is 11.6. The number of aliphatic imine (C=N–C) groups is 1. The van der Waals surface area contributed by atoms with Crippen LogP contribution in [0.15, 0.2) is 47.1 Å². The summed E-state index contributed by atoms with van der Waals surface area (Å²) in [6, 6.07) is 5.46. The number of amides is 2. The number of carbonyl (C=O) groups is 1. The van der Waals surface area contributed by atoms with Crippen molar-refractivity contribution in [2.45, 2.75) is 26.7 Å². The van der Waals surface area contributed by atoms with Crippen LogP contribution in [-0.4, -0.2) is 25.5 Å². The highest BCUT2D eigenvalue weighted by Gasteiger charge is 2.26. The molecule has 0 radical (unpaired) electrons. The van der Waals surface area contributed by atoms with Crippen molar-refractivity contribution in [1.82, 2.24) is 5.32 Å². The van der Waals surface area contributed by atoms with Crippen molar-refractivity contribution >= 4 is 11.7 Å². The molecule has 2 aliphatic rings. The van der Waals surface area contributed by atoms with Crippen LogP contribution in [0, 0.1) is 5.41 Å². The van der Waals surface area contributed by atoms with E-state index in [0.29, 0.717) is 12.3 Å². The predicted octanol–water partition coefficient (Wildman–Crippen LogP) is 3.82. The van der Waals surface area contributed by atoms with Gasteiger partial charge < -0.3 is 14.8 Å². The Labute approximate surface area is 142 Å². The van der Waals surface area contributed by atoms with Crippen LogP contribution in [0.25, 0.3) is 0 Å². The second-order valence-corrected chi connectivity index (χ2v) is 7.11. The van der Waals surface area contributed by atoms with E-state index in [0.717, 1.165) is 22.8 Å². The van der Waals surface area contributed by atoms with Crippen molar-refractivity contribution in [2.75, 3.05) is 13.7 Å². The second-order valence-electron chi connectivity index (χ2n) is 7.11. The van der Waals surface area contributed by atoms with Crippen LogP contribution in [0.5, 0.6) is 11.5 Å². The van der Waals surface area contributed by atoms with Gasteiger partial charge in [0.2, 0.25) is 0 Å². The molecule has 1 aliphatic carbocycles. The van der Waals surface area contributed by atoms with Gasteiger partial charge in [-0.3, -0.25) is 0 Å². The Morgan fingerprint density at radius 3 is 2.71 bits per heavy atom. The minimum Gasteiger partial charge on any atom is -0.496 e. The number of nitrogens with zero attached hydrogens (tertiary/aromatic N) is 1. The fourth-order valence-corrected chi connectivity index (χ4v) is 2.69. The highest BCUT2D eigenvalue weighted by Crippen LogP contribution is 2.39. The molecule has 24 heavy (non-hydrogen) atoms. The molecule has 5 heteroatoms. The number of carbonyl (C=O) groups excluding carboxylic acids is 1. The first-order chi connectivity index (χ1) is 11.4. The molecule has 1 heterocycles.